The number of carbonyl (C=O) groups is 1. The first-order chi connectivity index (χ1) is 10.5. The highest BCUT2D eigenvalue weighted by Gasteiger charge is 2.27. The molecule has 1 fully saturated rings. The van der Waals surface area contributed by atoms with Crippen LogP contribution in [0.5, 0.6) is 0 Å². The van der Waals surface area contributed by atoms with E-state index in [4.69, 9.17) is 4.74 Å². The van der Waals surface area contributed by atoms with E-state index in [2.05, 4.69) is 19.1 Å². The Hall–Kier alpha value is -1.39. The van der Waals surface area contributed by atoms with Gasteiger partial charge in [0.25, 0.3) is 0 Å². The van der Waals surface area contributed by atoms with E-state index in [9.17, 15) is 15.0 Å². The third-order valence-electron chi connectivity index (χ3n) is 4.90. The number of carbonyl (C=O) groups excluding carboxylic acids is 1. The van der Waals surface area contributed by atoms with Crippen LogP contribution in [0.25, 0.3) is 0 Å². The van der Waals surface area contributed by atoms with Crippen molar-refractivity contribution in [1.29, 1.82) is 0 Å². The summed E-state index contributed by atoms with van der Waals surface area (Å²) in [4.78, 5) is 11.4. The number of ether oxygens (including phenoxy) is 1. The zero-order valence-corrected chi connectivity index (χ0v) is 13.0. The summed E-state index contributed by atoms with van der Waals surface area (Å²) in [6, 6.07) is 4.24. The van der Waals surface area contributed by atoms with E-state index in [0.717, 1.165) is 32.1 Å². The van der Waals surface area contributed by atoms with Crippen molar-refractivity contribution in [3.63, 3.8) is 0 Å². The zero-order chi connectivity index (χ0) is 15.7. The minimum Gasteiger partial charge on any atom is -0.462 e. The SMILES string of the molecule is Cc1ccc2c(c1CC[C@@H]1C[C@@H](O)CC(=O)O1)CC[C@H](O)C2. The predicted octanol–water partition coefficient (Wildman–Crippen LogP) is 1.84. The third-order valence-corrected chi connectivity index (χ3v) is 4.90. The van der Waals surface area contributed by atoms with Crippen LogP contribution in [0.2, 0.25) is 0 Å². The molecule has 120 valence electrons. The highest BCUT2D eigenvalue weighted by atomic mass is 16.5. The largest absolute Gasteiger partial charge is 0.462 e. The molecule has 4 nitrogen and oxygen atoms in total. The number of aliphatic hydroxyl groups is 2. The summed E-state index contributed by atoms with van der Waals surface area (Å²) in [5.41, 5.74) is 5.21. The van der Waals surface area contributed by atoms with Gasteiger partial charge in [0.1, 0.15) is 6.10 Å². The molecule has 1 aliphatic heterocycles. The number of fused-ring (bicyclic) bond motifs is 1. The molecule has 0 amide bonds. The molecule has 0 unspecified atom stereocenters. The van der Waals surface area contributed by atoms with Gasteiger partial charge in [-0.1, -0.05) is 12.1 Å². The number of hydrogen-bond acceptors (Lipinski definition) is 4. The molecule has 0 spiro atoms. The van der Waals surface area contributed by atoms with Gasteiger partial charge < -0.3 is 14.9 Å². The smallest absolute Gasteiger partial charge is 0.308 e. The van der Waals surface area contributed by atoms with Crippen LogP contribution in [0.15, 0.2) is 12.1 Å². The van der Waals surface area contributed by atoms with E-state index in [1.54, 1.807) is 0 Å². The number of esters is 1. The summed E-state index contributed by atoms with van der Waals surface area (Å²) in [7, 11) is 0. The van der Waals surface area contributed by atoms with Gasteiger partial charge in [-0.15, -0.1) is 0 Å². The fraction of sp³-hybridized carbons (Fsp3) is 0.611. The summed E-state index contributed by atoms with van der Waals surface area (Å²) in [5.74, 6) is -0.293. The van der Waals surface area contributed by atoms with E-state index in [1.165, 1.54) is 22.3 Å². The second-order valence-electron chi connectivity index (χ2n) is 6.64. The number of aliphatic hydroxyl groups excluding tert-OH is 2. The van der Waals surface area contributed by atoms with Crippen LogP contribution in [-0.4, -0.2) is 34.5 Å². The van der Waals surface area contributed by atoms with Gasteiger partial charge in [0, 0.05) is 6.42 Å². The highest BCUT2D eigenvalue weighted by molar-refractivity contribution is 5.70. The number of benzene rings is 1. The number of rotatable bonds is 3. The topological polar surface area (TPSA) is 66.8 Å². The molecule has 0 aromatic heterocycles. The number of aryl methyl sites for hydroxylation is 1. The van der Waals surface area contributed by atoms with Gasteiger partial charge in [-0.2, -0.15) is 0 Å². The lowest BCUT2D eigenvalue weighted by Crippen LogP contribution is -2.33. The van der Waals surface area contributed by atoms with Gasteiger partial charge in [-0.25, -0.2) is 0 Å². The van der Waals surface area contributed by atoms with Crippen LogP contribution in [0.1, 0.15) is 47.9 Å². The quantitative estimate of drug-likeness (QED) is 0.836. The van der Waals surface area contributed by atoms with Crippen LogP contribution < -0.4 is 0 Å². The van der Waals surface area contributed by atoms with Crippen LogP contribution in [0.3, 0.4) is 0 Å². The molecule has 1 aliphatic carbocycles. The van der Waals surface area contributed by atoms with Crippen LogP contribution >= 0.6 is 0 Å². The minimum atomic E-state index is -0.563. The highest BCUT2D eigenvalue weighted by Crippen LogP contribution is 2.29. The summed E-state index contributed by atoms with van der Waals surface area (Å²) in [6.07, 6.45) is 3.77. The molecule has 2 N–H and O–H groups in total. The van der Waals surface area contributed by atoms with Gasteiger partial charge in [0.05, 0.1) is 18.6 Å². The first-order valence-corrected chi connectivity index (χ1v) is 8.18. The van der Waals surface area contributed by atoms with Crippen molar-refractivity contribution in [3.8, 4) is 0 Å². The predicted molar refractivity (Wildman–Crippen MR) is 82.7 cm³/mol. The lowest BCUT2D eigenvalue weighted by molar-refractivity contribution is -0.160. The van der Waals surface area contributed by atoms with E-state index >= 15 is 0 Å². The Balaban J connectivity index is 1.72. The lowest BCUT2D eigenvalue weighted by atomic mass is 9.83. The molecule has 0 radical (unpaired) electrons. The van der Waals surface area contributed by atoms with E-state index in [-0.39, 0.29) is 24.6 Å². The summed E-state index contributed by atoms with van der Waals surface area (Å²) in [6.45, 7) is 2.11. The van der Waals surface area contributed by atoms with Crippen molar-refractivity contribution in [3.05, 3.63) is 34.4 Å². The molecule has 3 atom stereocenters. The Labute approximate surface area is 131 Å². The fourth-order valence-corrected chi connectivity index (χ4v) is 3.72. The third kappa shape index (κ3) is 3.33. The van der Waals surface area contributed by atoms with Crippen molar-refractivity contribution < 1.29 is 19.7 Å². The van der Waals surface area contributed by atoms with Crippen molar-refractivity contribution in [2.75, 3.05) is 0 Å². The van der Waals surface area contributed by atoms with Crippen LogP contribution in [0, 0.1) is 6.92 Å². The molecule has 22 heavy (non-hydrogen) atoms. The maximum Gasteiger partial charge on any atom is 0.308 e. The van der Waals surface area contributed by atoms with Gasteiger partial charge in [0.2, 0.25) is 0 Å². The normalized spacial score (nSPS) is 28.1. The Morgan fingerprint density at radius 3 is 2.82 bits per heavy atom. The second-order valence-corrected chi connectivity index (χ2v) is 6.64. The molecule has 1 aromatic rings. The number of cyclic esters (lactones) is 1. The molecule has 3 rings (SSSR count). The van der Waals surface area contributed by atoms with Crippen LogP contribution in [-0.2, 0) is 28.8 Å². The Morgan fingerprint density at radius 2 is 2.05 bits per heavy atom. The first-order valence-electron chi connectivity index (χ1n) is 8.18. The average Bonchev–Trinajstić information content (AvgIpc) is 2.45. The molecule has 4 heteroatoms. The monoisotopic (exact) mass is 304 g/mol. The second kappa shape index (κ2) is 6.39. The van der Waals surface area contributed by atoms with Gasteiger partial charge in [0.15, 0.2) is 0 Å². The summed E-state index contributed by atoms with van der Waals surface area (Å²) in [5, 5.41) is 19.5. The van der Waals surface area contributed by atoms with Gasteiger partial charge in [-0.3, -0.25) is 4.79 Å². The van der Waals surface area contributed by atoms with Gasteiger partial charge in [-0.05, 0) is 61.3 Å². The molecular formula is C18H24O4. The summed E-state index contributed by atoms with van der Waals surface area (Å²) < 4.78 is 5.34. The summed E-state index contributed by atoms with van der Waals surface area (Å²) >= 11 is 0. The molecule has 0 bridgehead atoms. The standard InChI is InChI=1S/C18H24O4/c1-11-2-3-12-8-13(19)4-6-17(12)16(11)7-5-15-9-14(20)10-18(21)22-15/h2-3,13-15,19-20H,4-10H2,1H3/t13-,14+,15+/m0/s1. The first kappa shape index (κ1) is 15.5. The van der Waals surface area contributed by atoms with Gasteiger partial charge >= 0.3 is 5.97 Å². The molecule has 1 saturated heterocycles. The zero-order valence-electron chi connectivity index (χ0n) is 13.0. The Kier molecular flexibility index (Phi) is 4.50. The van der Waals surface area contributed by atoms with E-state index < -0.39 is 6.10 Å². The maximum atomic E-state index is 11.4. The van der Waals surface area contributed by atoms with Crippen molar-refractivity contribution in [1.82, 2.24) is 0 Å². The van der Waals surface area contributed by atoms with E-state index in [0.29, 0.717) is 6.42 Å². The lowest BCUT2D eigenvalue weighted by Gasteiger charge is -2.28. The molecule has 0 saturated carbocycles. The number of hydrogen-bond donors (Lipinski definition) is 2. The molecular weight excluding hydrogens is 280 g/mol. The molecule has 2 aliphatic rings. The van der Waals surface area contributed by atoms with E-state index in [1.807, 2.05) is 0 Å². The average molecular weight is 304 g/mol. The Bertz CT molecular complexity index is 566. The van der Waals surface area contributed by atoms with Crippen molar-refractivity contribution in [2.24, 2.45) is 0 Å². The molecule has 1 heterocycles. The minimum absolute atomic E-state index is 0.119. The van der Waals surface area contributed by atoms with Crippen LogP contribution in [0.4, 0.5) is 0 Å². The van der Waals surface area contributed by atoms with Crippen molar-refractivity contribution in [2.45, 2.75) is 70.2 Å². The molecule has 1 aromatic carbocycles. The maximum absolute atomic E-state index is 11.4. The fourth-order valence-electron chi connectivity index (χ4n) is 3.72. The Morgan fingerprint density at radius 1 is 1.23 bits per heavy atom. The van der Waals surface area contributed by atoms with Crippen molar-refractivity contribution >= 4 is 5.97 Å².